The largest absolute Gasteiger partial charge is 0.466 e. The van der Waals surface area contributed by atoms with Crippen LogP contribution in [0, 0.1) is 5.82 Å². The third-order valence-electron chi connectivity index (χ3n) is 2.87. The third-order valence-corrected chi connectivity index (χ3v) is 2.87. The molecule has 0 radical (unpaired) electrons. The van der Waals surface area contributed by atoms with Crippen molar-refractivity contribution in [3.05, 3.63) is 35.6 Å². The smallest absolute Gasteiger partial charge is 0.308 e. The highest BCUT2D eigenvalue weighted by Gasteiger charge is 2.19. The quantitative estimate of drug-likeness (QED) is 0.715. The fourth-order valence-electron chi connectivity index (χ4n) is 1.89. The van der Waals surface area contributed by atoms with Gasteiger partial charge in [0, 0.05) is 6.42 Å². The summed E-state index contributed by atoms with van der Waals surface area (Å²) in [6.07, 6.45) is 0.790. The van der Waals surface area contributed by atoms with E-state index in [1.54, 1.807) is 13.0 Å². The molecule has 0 aliphatic carbocycles. The van der Waals surface area contributed by atoms with Crippen LogP contribution in [0.4, 0.5) is 4.39 Å². The van der Waals surface area contributed by atoms with Crippen molar-refractivity contribution in [2.45, 2.75) is 32.2 Å². The summed E-state index contributed by atoms with van der Waals surface area (Å²) >= 11 is 0. The van der Waals surface area contributed by atoms with E-state index in [4.69, 9.17) is 10.5 Å². The number of esters is 1. The zero-order valence-corrected chi connectivity index (χ0v) is 12.1. The van der Waals surface area contributed by atoms with E-state index in [1.807, 2.05) is 0 Å². The van der Waals surface area contributed by atoms with Gasteiger partial charge in [-0.3, -0.25) is 9.59 Å². The molecule has 0 saturated heterocycles. The van der Waals surface area contributed by atoms with Crippen LogP contribution in [0.3, 0.4) is 0 Å². The number of carbonyl (C=O) groups excluding carboxylic acids is 2. The topological polar surface area (TPSA) is 81.4 Å². The zero-order valence-electron chi connectivity index (χ0n) is 12.1. The van der Waals surface area contributed by atoms with Crippen LogP contribution in [0.15, 0.2) is 24.3 Å². The van der Waals surface area contributed by atoms with Gasteiger partial charge in [-0.1, -0.05) is 12.1 Å². The normalized spacial score (nSPS) is 11.8. The van der Waals surface area contributed by atoms with E-state index in [0.717, 1.165) is 0 Å². The molecule has 0 heterocycles. The molecular weight excluding hydrogens is 275 g/mol. The predicted octanol–water partition coefficient (Wildman–Crippen LogP) is 1.68. The van der Waals surface area contributed by atoms with Gasteiger partial charge in [0.2, 0.25) is 5.91 Å². The van der Waals surface area contributed by atoms with Crippen LogP contribution in [0.2, 0.25) is 0 Å². The first-order valence-electron chi connectivity index (χ1n) is 6.97. The number of benzene rings is 1. The SMILES string of the molecule is CCOC(=O)C[C@H](NC(=O)CCCN)c1cccc(F)c1. The van der Waals surface area contributed by atoms with Gasteiger partial charge in [-0.2, -0.15) is 0 Å². The number of rotatable bonds is 8. The molecule has 1 aromatic carbocycles. The molecule has 0 saturated carbocycles. The highest BCUT2D eigenvalue weighted by Crippen LogP contribution is 2.19. The summed E-state index contributed by atoms with van der Waals surface area (Å²) in [6.45, 7) is 2.38. The molecule has 21 heavy (non-hydrogen) atoms. The summed E-state index contributed by atoms with van der Waals surface area (Å²) in [5.41, 5.74) is 5.89. The van der Waals surface area contributed by atoms with Gasteiger partial charge < -0.3 is 15.8 Å². The summed E-state index contributed by atoms with van der Waals surface area (Å²) in [5, 5.41) is 2.72. The van der Waals surface area contributed by atoms with Gasteiger partial charge >= 0.3 is 5.97 Å². The van der Waals surface area contributed by atoms with Crippen LogP contribution in [0.25, 0.3) is 0 Å². The zero-order chi connectivity index (χ0) is 15.7. The average molecular weight is 296 g/mol. The molecule has 0 aliphatic rings. The molecule has 0 unspecified atom stereocenters. The van der Waals surface area contributed by atoms with Crippen molar-refractivity contribution < 1.29 is 18.7 Å². The summed E-state index contributed by atoms with van der Waals surface area (Å²) in [7, 11) is 0. The molecule has 0 fully saturated rings. The second kappa shape index (κ2) is 9.07. The lowest BCUT2D eigenvalue weighted by atomic mass is 10.0. The Bertz CT molecular complexity index is 480. The number of ether oxygens (including phenoxy) is 1. The first-order valence-corrected chi connectivity index (χ1v) is 6.97. The summed E-state index contributed by atoms with van der Waals surface area (Å²) < 4.78 is 18.2. The van der Waals surface area contributed by atoms with Crippen molar-refractivity contribution in [3.63, 3.8) is 0 Å². The number of carbonyl (C=O) groups is 2. The molecule has 3 N–H and O–H groups in total. The average Bonchev–Trinajstić information content (AvgIpc) is 2.44. The number of hydrogen-bond acceptors (Lipinski definition) is 4. The second-order valence-electron chi connectivity index (χ2n) is 4.58. The van der Waals surface area contributed by atoms with E-state index >= 15 is 0 Å². The lowest BCUT2D eigenvalue weighted by Gasteiger charge is -2.18. The Labute approximate surface area is 123 Å². The van der Waals surface area contributed by atoms with Crippen LogP contribution in [0.1, 0.15) is 37.8 Å². The van der Waals surface area contributed by atoms with Crippen molar-refractivity contribution in [1.29, 1.82) is 0 Å². The van der Waals surface area contributed by atoms with Crippen LogP contribution < -0.4 is 11.1 Å². The summed E-state index contributed by atoms with van der Waals surface area (Å²) in [5.74, 6) is -1.08. The molecule has 5 nitrogen and oxygen atoms in total. The van der Waals surface area contributed by atoms with E-state index in [-0.39, 0.29) is 25.4 Å². The molecule has 0 spiro atoms. The Hall–Kier alpha value is -1.95. The molecule has 0 bridgehead atoms. The maximum absolute atomic E-state index is 13.3. The minimum Gasteiger partial charge on any atom is -0.466 e. The summed E-state index contributed by atoms with van der Waals surface area (Å²) in [4.78, 5) is 23.4. The molecule has 1 aromatic rings. The monoisotopic (exact) mass is 296 g/mol. The van der Waals surface area contributed by atoms with Crippen molar-refractivity contribution in [3.8, 4) is 0 Å². The van der Waals surface area contributed by atoms with Gasteiger partial charge in [0.15, 0.2) is 0 Å². The Morgan fingerprint density at radius 3 is 2.81 bits per heavy atom. The second-order valence-corrected chi connectivity index (χ2v) is 4.58. The highest BCUT2D eigenvalue weighted by molar-refractivity contribution is 5.78. The van der Waals surface area contributed by atoms with Crippen LogP contribution in [-0.4, -0.2) is 25.0 Å². The van der Waals surface area contributed by atoms with Crippen LogP contribution in [-0.2, 0) is 14.3 Å². The maximum atomic E-state index is 13.3. The third kappa shape index (κ3) is 6.35. The van der Waals surface area contributed by atoms with Crippen molar-refractivity contribution in [2.24, 2.45) is 5.73 Å². The van der Waals surface area contributed by atoms with Gasteiger partial charge in [0.1, 0.15) is 5.82 Å². The Kier molecular flexibility index (Phi) is 7.39. The lowest BCUT2D eigenvalue weighted by molar-refractivity contribution is -0.143. The first-order chi connectivity index (χ1) is 10.1. The number of nitrogens with two attached hydrogens (primary N) is 1. The van der Waals surface area contributed by atoms with Gasteiger partial charge in [0.05, 0.1) is 19.1 Å². The minimum atomic E-state index is -0.606. The fourth-order valence-corrected chi connectivity index (χ4v) is 1.89. The highest BCUT2D eigenvalue weighted by atomic mass is 19.1. The minimum absolute atomic E-state index is 0.0361. The summed E-state index contributed by atoms with van der Waals surface area (Å²) in [6, 6.07) is 5.20. The van der Waals surface area contributed by atoms with Crippen LogP contribution >= 0.6 is 0 Å². The van der Waals surface area contributed by atoms with E-state index in [0.29, 0.717) is 18.5 Å². The van der Waals surface area contributed by atoms with Crippen molar-refractivity contribution in [1.82, 2.24) is 5.32 Å². The number of halogens is 1. The molecule has 116 valence electrons. The molecular formula is C15H21FN2O3. The molecule has 1 atom stereocenters. The molecule has 6 heteroatoms. The van der Waals surface area contributed by atoms with Crippen molar-refractivity contribution >= 4 is 11.9 Å². The maximum Gasteiger partial charge on any atom is 0.308 e. The molecule has 1 amide bonds. The number of amides is 1. The Morgan fingerprint density at radius 2 is 2.19 bits per heavy atom. The predicted molar refractivity (Wildman–Crippen MR) is 76.8 cm³/mol. The standard InChI is InChI=1S/C15H21FN2O3/c1-2-21-15(20)10-13(18-14(19)7-4-8-17)11-5-3-6-12(16)9-11/h3,5-6,9,13H,2,4,7-8,10,17H2,1H3,(H,18,19)/t13-/m0/s1. The van der Waals surface area contributed by atoms with Gasteiger partial charge in [-0.25, -0.2) is 4.39 Å². The van der Waals surface area contributed by atoms with E-state index in [1.165, 1.54) is 18.2 Å². The van der Waals surface area contributed by atoms with Gasteiger partial charge in [0.25, 0.3) is 0 Å². The number of nitrogens with one attached hydrogen (secondary N) is 1. The van der Waals surface area contributed by atoms with Gasteiger partial charge in [-0.15, -0.1) is 0 Å². The van der Waals surface area contributed by atoms with E-state index in [9.17, 15) is 14.0 Å². The Balaban J connectivity index is 2.79. The Morgan fingerprint density at radius 1 is 1.43 bits per heavy atom. The molecule has 0 aromatic heterocycles. The van der Waals surface area contributed by atoms with Crippen molar-refractivity contribution in [2.75, 3.05) is 13.2 Å². The molecule has 1 rings (SSSR count). The first kappa shape index (κ1) is 17.1. The van der Waals surface area contributed by atoms with Gasteiger partial charge in [-0.05, 0) is 37.6 Å². The van der Waals surface area contributed by atoms with E-state index < -0.39 is 17.8 Å². The lowest BCUT2D eigenvalue weighted by Crippen LogP contribution is -2.31. The number of hydrogen-bond donors (Lipinski definition) is 2. The fraction of sp³-hybridized carbons (Fsp3) is 0.467. The molecule has 0 aliphatic heterocycles. The van der Waals surface area contributed by atoms with E-state index in [2.05, 4.69) is 5.32 Å². The van der Waals surface area contributed by atoms with Crippen LogP contribution in [0.5, 0.6) is 0 Å².